The minimum atomic E-state index is -0.369. The molecule has 0 aliphatic heterocycles. The maximum atomic E-state index is 12.7. The first kappa shape index (κ1) is 22.3. The van der Waals surface area contributed by atoms with Gasteiger partial charge in [0.25, 0.3) is 11.5 Å². The molecule has 8 nitrogen and oxygen atoms in total. The maximum Gasteiger partial charge on any atom is 0.263 e. The molecule has 2 aromatic carbocycles. The number of ether oxygens (including phenoxy) is 1. The largest absolute Gasteiger partial charge is 0.484 e. The van der Waals surface area contributed by atoms with E-state index in [2.05, 4.69) is 20.4 Å². The number of nitrogens with one attached hydrogen (secondary N) is 2. The lowest BCUT2D eigenvalue weighted by Crippen LogP contribution is -2.23. The number of carbonyl (C=O) groups excluding carboxylic acids is 1. The van der Waals surface area contributed by atoms with Gasteiger partial charge in [0, 0.05) is 17.7 Å². The first-order valence-electron chi connectivity index (χ1n) is 10.9. The zero-order chi connectivity index (χ0) is 24.2. The fourth-order valence-electron chi connectivity index (χ4n) is 3.44. The second-order valence-electron chi connectivity index (χ2n) is 7.77. The Morgan fingerprint density at radius 1 is 1.03 bits per heavy atom. The van der Waals surface area contributed by atoms with E-state index in [1.165, 1.54) is 22.1 Å². The lowest BCUT2D eigenvalue weighted by atomic mass is 10.1. The Morgan fingerprint density at radius 3 is 2.57 bits per heavy atom. The highest BCUT2D eigenvalue weighted by molar-refractivity contribution is 7.13. The van der Waals surface area contributed by atoms with Crippen LogP contribution in [0.25, 0.3) is 27.8 Å². The number of aromatic nitrogens is 4. The zero-order valence-corrected chi connectivity index (χ0v) is 19.6. The zero-order valence-electron chi connectivity index (χ0n) is 18.8. The number of hydrogen-bond acceptors (Lipinski definition) is 6. The number of anilines is 1. The molecular formula is C26H21N5O3S. The number of amides is 1. The van der Waals surface area contributed by atoms with E-state index in [1.54, 1.807) is 6.07 Å². The Balaban J connectivity index is 1.46. The van der Waals surface area contributed by atoms with Crippen LogP contribution in [0.4, 0.5) is 5.82 Å². The van der Waals surface area contributed by atoms with E-state index < -0.39 is 0 Å². The van der Waals surface area contributed by atoms with Gasteiger partial charge in [-0.15, -0.1) is 11.3 Å². The van der Waals surface area contributed by atoms with Crippen molar-refractivity contribution in [1.29, 1.82) is 0 Å². The number of carbonyl (C=O) groups is 1. The molecule has 0 aliphatic carbocycles. The van der Waals surface area contributed by atoms with Crippen molar-refractivity contribution >= 4 is 23.1 Å². The number of benzene rings is 2. The number of aryl methyl sites for hydroxylation is 1. The number of nitrogens with zero attached hydrogens (tertiary/aromatic N) is 3. The quantitative estimate of drug-likeness (QED) is 0.350. The van der Waals surface area contributed by atoms with Crippen LogP contribution < -0.4 is 15.6 Å². The number of thiophene rings is 1. The van der Waals surface area contributed by atoms with Gasteiger partial charge in [-0.2, -0.15) is 9.78 Å². The monoisotopic (exact) mass is 483 g/mol. The van der Waals surface area contributed by atoms with Crippen LogP contribution >= 0.6 is 11.3 Å². The van der Waals surface area contributed by atoms with Gasteiger partial charge in [-0.25, -0.2) is 4.98 Å². The predicted molar refractivity (Wildman–Crippen MR) is 136 cm³/mol. The summed E-state index contributed by atoms with van der Waals surface area (Å²) in [4.78, 5) is 33.4. The highest BCUT2D eigenvalue weighted by atomic mass is 32.1. The van der Waals surface area contributed by atoms with Crippen molar-refractivity contribution in [1.82, 2.24) is 19.7 Å². The molecule has 0 saturated heterocycles. The van der Waals surface area contributed by atoms with Crippen molar-refractivity contribution in [3.8, 4) is 33.5 Å². The van der Waals surface area contributed by atoms with Crippen molar-refractivity contribution in [3.63, 3.8) is 0 Å². The summed E-state index contributed by atoms with van der Waals surface area (Å²) in [6, 6.07) is 23.9. The third-order valence-electron chi connectivity index (χ3n) is 5.14. The van der Waals surface area contributed by atoms with Crippen LogP contribution in [0.15, 0.2) is 89.0 Å². The predicted octanol–water partition coefficient (Wildman–Crippen LogP) is 4.68. The minimum Gasteiger partial charge on any atom is -0.484 e. The summed E-state index contributed by atoms with van der Waals surface area (Å²) in [6.07, 6.45) is 0. The molecule has 1 amide bonds. The maximum absolute atomic E-state index is 12.7. The van der Waals surface area contributed by atoms with Gasteiger partial charge in [0.15, 0.2) is 6.61 Å². The fraction of sp³-hybridized carbons (Fsp3) is 0.0769. The summed E-state index contributed by atoms with van der Waals surface area (Å²) in [5, 5.41) is 9.39. The Bertz CT molecular complexity index is 1510. The van der Waals surface area contributed by atoms with Gasteiger partial charge in [-0.3, -0.25) is 14.6 Å². The first-order valence-corrected chi connectivity index (χ1v) is 11.7. The minimum absolute atomic E-state index is 0.184. The van der Waals surface area contributed by atoms with Crippen molar-refractivity contribution in [3.05, 3.63) is 100 Å². The third kappa shape index (κ3) is 5.20. The van der Waals surface area contributed by atoms with Crippen LogP contribution in [0.1, 0.15) is 5.56 Å². The van der Waals surface area contributed by atoms with E-state index in [-0.39, 0.29) is 24.0 Å². The van der Waals surface area contributed by atoms with Gasteiger partial charge in [-0.1, -0.05) is 54.1 Å². The first-order chi connectivity index (χ1) is 17.0. The average molecular weight is 484 g/mol. The van der Waals surface area contributed by atoms with Gasteiger partial charge in [0.1, 0.15) is 17.3 Å². The molecule has 0 unspecified atom stereocenters. The Morgan fingerprint density at radius 2 is 1.83 bits per heavy atom. The third-order valence-corrected chi connectivity index (χ3v) is 6.03. The van der Waals surface area contributed by atoms with Gasteiger partial charge >= 0.3 is 0 Å². The van der Waals surface area contributed by atoms with E-state index in [1.807, 2.05) is 79.0 Å². The summed E-state index contributed by atoms with van der Waals surface area (Å²) >= 11 is 1.52. The van der Waals surface area contributed by atoms with E-state index in [4.69, 9.17) is 4.74 Å². The molecule has 5 rings (SSSR count). The average Bonchev–Trinajstić information content (AvgIpc) is 3.54. The molecule has 5 aromatic rings. The normalized spacial score (nSPS) is 10.8. The smallest absolute Gasteiger partial charge is 0.263 e. The molecule has 0 bridgehead atoms. The van der Waals surface area contributed by atoms with Gasteiger partial charge in [0.05, 0.1) is 10.6 Å². The molecule has 0 saturated carbocycles. The van der Waals surface area contributed by atoms with Gasteiger partial charge in [-0.05, 0) is 30.5 Å². The van der Waals surface area contributed by atoms with Crippen molar-refractivity contribution < 1.29 is 9.53 Å². The molecule has 0 atom stereocenters. The number of H-pyrrole nitrogens is 1. The van der Waals surface area contributed by atoms with Crippen LogP contribution in [0.2, 0.25) is 0 Å². The molecular weight excluding hydrogens is 462 g/mol. The molecule has 174 valence electrons. The van der Waals surface area contributed by atoms with Crippen molar-refractivity contribution in [2.45, 2.75) is 6.92 Å². The van der Waals surface area contributed by atoms with E-state index in [9.17, 15) is 9.59 Å². The van der Waals surface area contributed by atoms with Crippen molar-refractivity contribution in [2.24, 2.45) is 0 Å². The van der Waals surface area contributed by atoms with Gasteiger partial charge < -0.3 is 10.1 Å². The van der Waals surface area contributed by atoms with Crippen LogP contribution in [-0.2, 0) is 4.79 Å². The Hall–Kier alpha value is -4.50. The highest BCUT2D eigenvalue weighted by Gasteiger charge is 2.17. The fourth-order valence-corrected chi connectivity index (χ4v) is 4.12. The summed E-state index contributed by atoms with van der Waals surface area (Å²) in [6.45, 7) is 1.80. The van der Waals surface area contributed by atoms with Crippen LogP contribution in [0.3, 0.4) is 0 Å². The molecule has 0 fully saturated rings. The SMILES string of the molecule is Cc1ccc(OCC(=O)Nc2cc(-c3cccs3)nn2-c2nc(-c3ccccc3)cc(=O)[nH]2)cc1. The second kappa shape index (κ2) is 9.78. The van der Waals surface area contributed by atoms with Crippen LogP contribution in [0.5, 0.6) is 5.75 Å². The van der Waals surface area contributed by atoms with Gasteiger partial charge in [0.2, 0.25) is 5.95 Å². The molecule has 0 spiro atoms. The molecule has 2 N–H and O–H groups in total. The number of aromatic amines is 1. The standard InChI is InChI=1S/C26H21N5O3S/c1-17-9-11-19(12-10-17)34-16-25(33)28-23-14-21(22-8-5-13-35-22)30-31(23)26-27-20(15-24(32)29-26)18-6-3-2-4-7-18/h2-15H,16H2,1H3,(H,28,33)(H,27,29,32). The van der Waals surface area contributed by atoms with Crippen LogP contribution in [-0.4, -0.2) is 32.3 Å². The summed E-state index contributed by atoms with van der Waals surface area (Å²) < 4.78 is 7.03. The van der Waals surface area contributed by atoms with E-state index in [0.29, 0.717) is 23.0 Å². The lowest BCUT2D eigenvalue weighted by Gasteiger charge is -2.10. The number of hydrogen-bond donors (Lipinski definition) is 2. The molecule has 3 heterocycles. The highest BCUT2D eigenvalue weighted by Crippen LogP contribution is 2.27. The second-order valence-corrected chi connectivity index (χ2v) is 8.72. The summed E-state index contributed by atoms with van der Waals surface area (Å²) in [5.74, 6) is 0.777. The van der Waals surface area contributed by atoms with Crippen LogP contribution in [0, 0.1) is 6.92 Å². The Kier molecular flexibility index (Phi) is 6.23. The van der Waals surface area contributed by atoms with Crippen molar-refractivity contribution in [2.75, 3.05) is 11.9 Å². The molecule has 9 heteroatoms. The molecule has 3 aromatic heterocycles. The lowest BCUT2D eigenvalue weighted by molar-refractivity contribution is -0.118. The van der Waals surface area contributed by atoms with E-state index >= 15 is 0 Å². The molecule has 35 heavy (non-hydrogen) atoms. The molecule has 0 radical (unpaired) electrons. The summed E-state index contributed by atoms with van der Waals surface area (Å²) in [7, 11) is 0. The topological polar surface area (TPSA) is 102 Å². The Labute approximate surface area is 204 Å². The molecule has 0 aliphatic rings. The van der Waals surface area contributed by atoms with E-state index in [0.717, 1.165) is 16.0 Å². The number of rotatable bonds is 7. The summed E-state index contributed by atoms with van der Waals surface area (Å²) in [5.41, 5.74) is 2.70.